The van der Waals surface area contributed by atoms with Crippen LogP contribution in [-0.4, -0.2) is 6.03 Å². The SMILES string of the molecule is Cc1ccc(Cl)cc1NC(=O)Nc1ccc(F)cc1. The van der Waals surface area contributed by atoms with Crippen molar-refractivity contribution in [2.75, 3.05) is 10.6 Å². The van der Waals surface area contributed by atoms with Gasteiger partial charge in [-0.05, 0) is 48.9 Å². The number of nitrogens with one attached hydrogen (secondary N) is 2. The first-order chi connectivity index (χ1) is 9.04. The van der Waals surface area contributed by atoms with Crippen molar-refractivity contribution >= 4 is 29.0 Å². The van der Waals surface area contributed by atoms with Crippen molar-refractivity contribution in [1.29, 1.82) is 0 Å². The summed E-state index contributed by atoms with van der Waals surface area (Å²) in [6.07, 6.45) is 0. The van der Waals surface area contributed by atoms with Crippen molar-refractivity contribution in [2.45, 2.75) is 6.92 Å². The molecule has 0 aromatic heterocycles. The highest BCUT2D eigenvalue weighted by Crippen LogP contribution is 2.20. The number of rotatable bonds is 2. The number of aryl methyl sites for hydroxylation is 1. The molecular weight excluding hydrogens is 267 g/mol. The highest BCUT2D eigenvalue weighted by molar-refractivity contribution is 6.31. The van der Waals surface area contributed by atoms with Crippen molar-refractivity contribution in [2.24, 2.45) is 0 Å². The summed E-state index contributed by atoms with van der Waals surface area (Å²) >= 11 is 5.86. The van der Waals surface area contributed by atoms with E-state index in [-0.39, 0.29) is 5.82 Å². The van der Waals surface area contributed by atoms with Crippen LogP contribution in [0.3, 0.4) is 0 Å². The van der Waals surface area contributed by atoms with Crippen molar-refractivity contribution in [3.8, 4) is 0 Å². The van der Waals surface area contributed by atoms with Gasteiger partial charge in [-0.1, -0.05) is 17.7 Å². The van der Waals surface area contributed by atoms with Crippen molar-refractivity contribution in [3.63, 3.8) is 0 Å². The smallest absolute Gasteiger partial charge is 0.308 e. The van der Waals surface area contributed by atoms with Gasteiger partial charge in [-0.25, -0.2) is 9.18 Å². The fraction of sp³-hybridized carbons (Fsp3) is 0.0714. The van der Waals surface area contributed by atoms with E-state index in [2.05, 4.69) is 10.6 Å². The van der Waals surface area contributed by atoms with Crippen LogP contribution >= 0.6 is 11.6 Å². The van der Waals surface area contributed by atoms with Crippen LogP contribution < -0.4 is 10.6 Å². The lowest BCUT2D eigenvalue weighted by atomic mass is 10.2. The molecule has 0 unspecified atom stereocenters. The van der Waals surface area contributed by atoms with Crippen LogP contribution in [-0.2, 0) is 0 Å². The predicted molar refractivity (Wildman–Crippen MR) is 75.2 cm³/mol. The van der Waals surface area contributed by atoms with Gasteiger partial charge in [0.25, 0.3) is 0 Å². The second kappa shape index (κ2) is 5.71. The number of carbonyl (C=O) groups excluding carboxylic acids is 1. The van der Waals surface area contributed by atoms with E-state index < -0.39 is 6.03 Å². The molecule has 0 spiro atoms. The van der Waals surface area contributed by atoms with Crippen LogP contribution in [0, 0.1) is 12.7 Å². The average molecular weight is 279 g/mol. The molecule has 0 saturated heterocycles. The van der Waals surface area contributed by atoms with Crippen LogP contribution in [0.2, 0.25) is 5.02 Å². The first-order valence-electron chi connectivity index (χ1n) is 5.64. The molecule has 0 aliphatic heterocycles. The molecule has 0 bridgehead atoms. The maximum Gasteiger partial charge on any atom is 0.323 e. The Hall–Kier alpha value is -2.07. The first-order valence-corrected chi connectivity index (χ1v) is 6.02. The van der Waals surface area contributed by atoms with Crippen LogP contribution in [0.1, 0.15) is 5.56 Å². The molecule has 2 N–H and O–H groups in total. The van der Waals surface area contributed by atoms with E-state index in [9.17, 15) is 9.18 Å². The molecule has 0 atom stereocenters. The van der Waals surface area contributed by atoms with Gasteiger partial charge in [0.2, 0.25) is 0 Å². The molecule has 2 rings (SSSR count). The monoisotopic (exact) mass is 278 g/mol. The van der Waals surface area contributed by atoms with E-state index >= 15 is 0 Å². The minimum absolute atomic E-state index is 0.350. The Balaban J connectivity index is 2.05. The van der Waals surface area contributed by atoms with Gasteiger partial charge in [-0.2, -0.15) is 0 Å². The Morgan fingerprint density at radius 2 is 1.79 bits per heavy atom. The summed E-state index contributed by atoms with van der Waals surface area (Å²) in [6.45, 7) is 1.86. The van der Waals surface area contributed by atoms with Crippen LogP contribution in [0.5, 0.6) is 0 Å². The number of hydrogen-bond donors (Lipinski definition) is 2. The van der Waals surface area contributed by atoms with Gasteiger partial charge >= 0.3 is 6.03 Å². The van der Waals surface area contributed by atoms with E-state index in [1.54, 1.807) is 12.1 Å². The summed E-state index contributed by atoms with van der Waals surface area (Å²) in [5.41, 5.74) is 2.05. The molecule has 2 amide bonds. The zero-order valence-corrected chi connectivity index (χ0v) is 11.0. The largest absolute Gasteiger partial charge is 0.323 e. The van der Waals surface area contributed by atoms with Gasteiger partial charge in [-0.15, -0.1) is 0 Å². The summed E-state index contributed by atoms with van der Waals surface area (Å²) in [5.74, 6) is -0.350. The molecule has 2 aromatic carbocycles. The first kappa shape index (κ1) is 13.4. The second-order valence-electron chi connectivity index (χ2n) is 4.05. The number of anilines is 2. The number of hydrogen-bond acceptors (Lipinski definition) is 1. The topological polar surface area (TPSA) is 41.1 Å². The molecule has 98 valence electrons. The number of amides is 2. The maximum absolute atomic E-state index is 12.7. The van der Waals surface area contributed by atoms with Gasteiger partial charge < -0.3 is 10.6 Å². The lowest BCUT2D eigenvalue weighted by Crippen LogP contribution is -2.19. The minimum Gasteiger partial charge on any atom is -0.308 e. The normalized spacial score (nSPS) is 10.1. The third kappa shape index (κ3) is 3.69. The third-order valence-electron chi connectivity index (χ3n) is 2.55. The van der Waals surface area contributed by atoms with Gasteiger partial charge in [0.05, 0.1) is 0 Å². The van der Waals surface area contributed by atoms with Crippen LogP contribution in [0.4, 0.5) is 20.6 Å². The van der Waals surface area contributed by atoms with Crippen molar-refractivity contribution < 1.29 is 9.18 Å². The number of benzene rings is 2. The van der Waals surface area contributed by atoms with E-state index in [1.807, 2.05) is 13.0 Å². The quantitative estimate of drug-likeness (QED) is 0.838. The molecule has 5 heteroatoms. The minimum atomic E-state index is -0.406. The highest BCUT2D eigenvalue weighted by atomic mass is 35.5. The summed E-state index contributed by atoms with van der Waals surface area (Å²) < 4.78 is 12.7. The molecule has 0 aliphatic rings. The van der Waals surface area contributed by atoms with Gasteiger partial charge in [0.15, 0.2) is 0 Å². The molecule has 3 nitrogen and oxygen atoms in total. The third-order valence-corrected chi connectivity index (χ3v) is 2.79. The zero-order valence-electron chi connectivity index (χ0n) is 10.2. The standard InChI is InChI=1S/C14H12ClFN2O/c1-9-2-3-10(15)8-13(9)18-14(19)17-12-6-4-11(16)5-7-12/h2-8H,1H3,(H2,17,18,19). The zero-order chi connectivity index (χ0) is 13.8. The summed E-state index contributed by atoms with van der Waals surface area (Å²) in [5, 5.41) is 5.83. The molecule has 0 fully saturated rings. The summed E-state index contributed by atoms with van der Waals surface area (Å²) in [7, 11) is 0. The fourth-order valence-corrected chi connectivity index (χ4v) is 1.72. The Morgan fingerprint density at radius 3 is 2.47 bits per heavy atom. The molecule has 0 aliphatic carbocycles. The Kier molecular flexibility index (Phi) is 4.02. The Bertz CT molecular complexity index is 599. The predicted octanol–water partition coefficient (Wildman–Crippen LogP) is 4.43. The second-order valence-corrected chi connectivity index (χ2v) is 4.48. The number of halogens is 2. The van der Waals surface area contributed by atoms with Gasteiger partial charge in [-0.3, -0.25) is 0 Å². The van der Waals surface area contributed by atoms with E-state index in [4.69, 9.17) is 11.6 Å². The lowest BCUT2D eigenvalue weighted by molar-refractivity contribution is 0.262. The molecule has 0 heterocycles. The lowest BCUT2D eigenvalue weighted by Gasteiger charge is -2.10. The molecule has 19 heavy (non-hydrogen) atoms. The Morgan fingerprint density at radius 1 is 1.11 bits per heavy atom. The van der Waals surface area contributed by atoms with E-state index in [0.717, 1.165) is 5.56 Å². The van der Waals surface area contributed by atoms with Crippen LogP contribution in [0.15, 0.2) is 42.5 Å². The van der Waals surface area contributed by atoms with Gasteiger partial charge in [0, 0.05) is 16.4 Å². The van der Waals surface area contributed by atoms with Crippen molar-refractivity contribution in [3.05, 3.63) is 58.9 Å². The average Bonchev–Trinajstić information content (AvgIpc) is 2.37. The Labute approximate surface area is 115 Å². The van der Waals surface area contributed by atoms with E-state index in [0.29, 0.717) is 16.4 Å². The number of carbonyl (C=O) groups is 1. The summed E-state index contributed by atoms with van der Waals surface area (Å²) in [4.78, 5) is 11.8. The fourth-order valence-electron chi connectivity index (χ4n) is 1.55. The summed E-state index contributed by atoms with van der Waals surface area (Å²) in [6, 6.07) is 10.4. The van der Waals surface area contributed by atoms with Gasteiger partial charge in [0.1, 0.15) is 5.82 Å². The van der Waals surface area contributed by atoms with Crippen molar-refractivity contribution in [1.82, 2.24) is 0 Å². The molecular formula is C14H12ClFN2O. The molecule has 0 saturated carbocycles. The molecule has 0 radical (unpaired) electrons. The maximum atomic E-state index is 12.7. The number of urea groups is 1. The molecule has 2 aromatic rings. The van der Waals surface area contributed by atoms with E-state index in [1.165, 1.54) is 24.3 Å². The van der Waals surface area contributed by atoms with Crippen LogP contribution in [0.25, 0.3) is 0 Å². The highest BCUT2D eigenvalue weighted by Gasteiger charge is 2.05.